The summed E-state index contributed by atoms with van der Waals surface area (Å²) in [5, 5.41) is 10.6. The fraction of sp³-hybridized carbons (Fsp3) is 0.942. The zero-order valence-corrected chi connectivity index (χ0v) is 58.5. The first-order chi connectivity index (χ1) is 42.7. The molecule has 0 aliphatic rings. The Balaban J connectivity index is 5.25. The summed E-state index contributed by atoms with van der Waals surface area (Å²) >= 11 is 0. The van der Waals surface area contributed by atoms with Gasteiger partial charge in [0.2, 0.25) is 0 Å². The summed E-state index contributed by atoms with van der Waals surface area (Å²) in [4.78, 5) is 72.5. The number of esters is 4. The molecule has 4 unspecified atom stereocenters. The molecule has 19 heteroatoms. The lowest BCUT2D eigenvalue weighted by Gasteiger charge is -2.21. The van der Waals surface area contributed by atoms with Crippen LogP contribution < -0.4 is 0 Å². The number of ether oxygens (including phenoxy) is 4. The highest BCUT2D eigenvalue weighted by molar-refractivity contribution is 7.47. The predicted molar refractivity (Wildman–Crippen MR) is 354 cm³/mol. The maximum Gasteiger partial charge on any atom is 0.472 e. The Hall–Kier alpha value is -1.94. The van der Waals surface area contributed by atoms with Crippen molar-refractivity contribution in [2.45, 2.75) is 380 Å². The highest BCUT2D eigenvalue weighted by atomic mass is 31.2. The van der Waals surface area contributed by atoms with Crippen LogP contribution in [0.15, 0.2) is 0 Å². The van der Waals surface area contributed by atoms with Gasteiger partial charge in [-0.05, 0) is 25.7 Å². The summed E-state index contributed by atoms with van der Waals surface area (Å²) < 4.78 is 68.3. The van der Waals surface area contributed by atoms with E-state index in [1.54, 1.807) is 0 Å². The summed E-state index contributed by atoms with van der Waals surface area (Å²) in [6.45, 7) is 4.94. The van der Waals surface area contributed by atoms with E-state index >= 15 is 0 Å². The maximum absolute atomic E-state index is 13.0. The summed E-state index contributed by atoms with van der Waals surface area (Å²) in [7, 11) is -9.89. The van der Waals surface area contributed by atoms with E-state index in [1.807, 2.05) is 0 Å². The molecule has 0 bridgehead atoms. The molecule has 0 aliphatic heterocycles. The molecule has 0 aromatic heterocycles. The van der Waals surface area contributed by atoms with Crippen LogP contribution in [0, 0.1) is 0 Å². The third-order valence-electron chi connectivity index (χ3n) is 16.1. The number of hydrogen-bond donors (Lipinski definition) is 3. The molecule has 17 nitrogen and oxygen atoms in total. The fourth-order valence-corrected chi connectivity index (χ4v) is 12.1. The molecule has 0 spiro atoms. The van der Waals surface area contributed by atoms with E-state index in [-0.39, 0.29) is 25.7 Å². The Kier molecular flexibility index (Phi) is 62.4. The molecule has 0 amide bonds. The summed E-state index contributed by atoms with van der Waals surface area (Å²) in [5.74, 6) is -2.12. The lowest BCUT2D eigenvalue weighted by Crippen LogP contribution is -2.30. The molecule has 0 aliphatic carbocycles. The van der Waals surface area contributed by atoms with E-state index in [1.165, 1.54) is 193 Å². The molecule has 88 heavy (non-hydrogen) atoms. The standard InChI is InChI=1S/C69H134O17P2/c1-5-9-13-17-21-25-29-33-37-41-45-49-53-66(71)79-59-64(85-68(73)55-51-47-43-39-35-31-27-23-19-15-11-7-3)61-83-87(75,76)81-57-63(70)58-82-88(77,78)84-62-65(86-69(74)56-52-48-44-40-36-32-28-24-20-16-12-8-4)60-80-67(72)54-50-46-42-38-34-30-26-22-18-14-10-6-2/h63-65,70H,5-62H2,1-4H3,(H,75,76)(H,77,78). The van der Waals surface area contributed by atoms with E-state index in [9.17, 15) is 43.2 Å². The third kappa shape index (κ3) is 62.8. The molecule has 4 atom stereocenters. The minimum Gasteiger partial charge on any atom is -0.462 e. The maximum atomic E-state index is 13.0. The van der Waals surface area contributed by atoms with Gasteiger partial charge in [0.1, 0.15) is 19.3 Å². The van der Waals surface area contributed by atoms with Crippen molar-refractivity contribution < 1.29 is 80.2 Å². The van der Waals surface area contributed by atoms with Gasteiger partial charge in [-0.15, -0.1) is 0 Å². The minimum absolute atomic E-state index is 0.108. The molecule has 0 rings (SSSR count). The van der Waals surface area contributed by atoms with Gasteiger partial charge in [-0.1, -0.05) is 310 Å². The van der Waals surface area contributed by atoms with Gasteiger partial charge in [-0.2, -0.15) is 0 Å². The Morgan fingerprint density at radius 3 is 0.670 bits per heavy atom. The van der Waals surface area contributed by atoms with Gasteiger partial charge in [0, 0.05) is 25.7 Å². The number of hydrogen-bond acceptors (Lipinski definition) is 15. The highest BCUT2D eigenvalue weighted by Gasteiger charge is 2.30. The number of phosphoric ester groups is 2. The first-order valence-electron chi connectivity index (χ1n) is 36.3. The van der Waals surface area contributed by atoms with E-state index in [2.05, 4.69) is 27.7 Å². The van der Waals surface area contributed by atoms with E-state index in [4.69, 9.17) is 37.0 Å². The molecular weight excluding hydrogens is 1160 g/mol. The van der Waals surface area contributed by atoms with Gasteiger partial charge in [-0.25, -0.2) is 9.13 Å². The number of aliphatic hydroxyl groups is 1. The average molecular weight is 1300 g/mol. The lowest BCUT2D eigenvalue weighted by atomic mass is 10.0. The monoisotopic (exact) mass is 1300 g/mol. The summed E-state index contributed by atoms with van der Waals surface area (Å²) in [6.07, 6.45) is 51.0. The number of phosphoric acid groups is 2. The molecule has 0 fully saturated rings. The molecular formula is C69H134O17P2. The van der Waals surface area contributed by atoms with Gasteiger partial charge >= 0.3 is 39.5 Å². The number of unbranched alkanes of at least 4 members (excludes halogenated alkanes) is 44. The molecule has 0 aromatic rings. The molecule has 0 heterocycles. The van der Waals surface area contributed by atoms with Crippen molar-refractivity contribution in [3.63, 3.8) is 0 Å². The van der Waals surface area contributed by atoms with Gasteiger partial charge in [-0.3, -0.25) is 37.3 Å². The largest absolute Gasteiger partial charge is 0.472 e. The Labute approximate surface area is 537 Å². The summed E-state index contributed by atoms with van der Waals surface area (Å²) in [6, 6.07) is 0. The molecule has 0 saturated carbocycles. The van der Waals surface area contributed by atoms with E-state index < -0.39 is 97.5 Å². The van der Waals surface area contributed by atoms with E-state index in [0.29, 0.717) is 25.7 Å². The molecule has 522 valence electrons. The van der Waals surface area contributed by atoms with Crippen LogP contribution in [0.1, 0.15) is 362 Å². The third-order valence-corrected chi connectivity index (χ3v) is 18.0. The Morgan fingerprint density at radius 2 is 0.455 bits per heavy atom. The quantitative estimate of drug-likeness (QED) is 0.0222. The van der Waals surface area contributed by atoms with Gasteiger partial charge in [0.15, 0.2) is 12.2 Å². The SMILES string of the molecule is CCCCCCCCCCCCCCC(=O)OCC(COP(=O)(O)OCC(O)COP(=O)(O)OCC(COC(=O)CCCCCCCCCCCCCC)OC(=O)CCCCCCCCCCCCCC)OC(=O)CCCCCCCCCCCCCC. The Morgan fingerprint density at radius 1 is 0.273 bits per heavy atom. The van der Waals surface area contributed by atoms with E-state index in [0.717, 1.165) is 89.9 Å². The molecule has 3 N–H and O–H groups in total. The summed E-state index contributed by atoms with van der Waals surface area (Å²) in [5.41, 5.74) is 0. The van der Waals surface area contributed by atoms with Crippen LogP contribution in [0.4, 0.5) is 0 Å². The van der Waals surface area contributed by atoms with Crippen LogP contribution in [0.25, 0.3) is 0 Å². The van der Waals surface area contributed by atoms with Crippen molar-refractivity contribution in [2.24, 2.45) is 0 Å². The van der Waals surface area contributed by atoms with Crippen LogP contribution in [0.2, 0.25) is 0 Å². The van der Waals surface area contributed by atoms with Crippen molar-refractivity contribution in [1.29, 1.82) is 0 Å². The van der Waals surface area contributed by atoms with Gasteiger partial charge in [0.25, 0.3) is 0 Å². The smallest absolute Gasteiger partial charge is 0.462 e. The van der Waals surface area contributed by atoms with Crippen molar-refractivity contribution >= 4 is 39.5 Å². The zero-order chi connectivity index (χ0) is 64.7. The highest BCUT2D eigenvalue weighted by Crippen LogP contribution is 2.45. The lowest BCUT2D eigenvalue weighted by molar-refractivity contribution is -0.161. The number of rotatable bonds is 70. The van der Waals surface area contributed by atoms with Gasteiger partial charge < -0.3 is 33.8 Å². The van der Waals surface area contributed by atoms with Crippen LogP contribution in [0.3, 0.4) is 0 Å². The van der Waals surface area contributed by atoms with Crippen molar-refractivity contribution in [1.82, 2.24) is 0 Å². The van der Waals surface area contributed by atoms with Crippen molar-refractivity contribution in [2.75, 3.05) is 39.6 Å². The first kappa shape index (κ1) is 86.1. The first-order valence-corrected chi connectivity index (χ1v) is 39.3. The van der Waals surface area contributed by atoms with Crippen LogP contribution in [-0.2, 0) is 65.4 Å². The van der Waals surface area contributed by atoms with Crippen LogP contribution in [-0.4, -0.2) is 96.7 Å². The number of carbonyl (C=O) groups excluding carboxylic acids is 4. The number of aliphatic hydroxyl groups excluding tert-OH is 1. The average Bonchev–Trinajstić information content (AvgIpc) is 3.68. The Bertz CT molecular complexity index is 1570. The zero-order valence-electron chi connectivity index (χ0n) is 56.7. The van der Waals surface area contributed by atoms with Crippen LogP contribution >= 0.6 is 15.6 Å². The number of carbonyl (C=O) groups is 4. The van der Waals surface area contributed by atoms with Crippen molar-refractivity contribution in [3.05, 3.63) is 0 Å². The predicted octanol–water partition coefficient (Wildman–Crippen LogP) is 19.9. The fourth-order valence-electron chi connectivity index (χ4n) is 10.5. The van der Waals surface area contributed by atoms with Gasteiger partial charge in [0.05, 0.1) is 26.4 Å². The molecule has 0 radical (unpaired) electrons. The second kappa shape index (κ2) is 63.8. The second-order valence-electron chi connectivity index (χ2n) is 24.9. The van der Waals surface area contributed by atoms with Crippen LogP contribution in [0.5, 0.6) is 0 Å². The minimum atomic E-state index is -4.95. The molecule has 0 aromatic carbocycles. The second-order valence-corrected chi connectivity index (χ2v) is 27.8. The normalized spacial score (nSPS) is 14.0. The topological polar surface area (TPSA) is 237 Å². The molecule has 0 saturated heterocycles. The van der Waals surface area contributed by atoms with Crippen molar-refractivity contribution in [3.8, 4) is 0 Å².